The molecule has 0 bridgehead atoms. The smallest absolute Gasteiger partial charge is 0.307 e. The Bertz CT molecular complexity index is 553. The number of nitrogens with zero attached hydrogens (tertiary/aromatic N) is 1. The van der Waals surface area contributed by atoms with Crippen molar-refractivity contribution in [1.29, 1.82) is 0 Å². The zero-order chi connectivity index (χ0) is 15.0. The number of ether oxygens (including phenoxy) is 1. The van der Waals surface area contributed by atoms with Crippen LogP contribution in [-0.2, 0) is 11.2 Å². The van der Waals surface area contributed by atoms with Gasteiger partial charge in [-0.05, 0) is 30.4 Å². The molecule has 0 spiro atoms. The number of anilines is 2. The Hall–Kier alpha value is -1.91. The lowest BCUT2D eigenvalue weighted by Gasteiger charge is -2.28. The largest absolute Gasteiger partial charge is 0.495 e. The maximum Gasteiger partial charge on any atom is 0.307 e. The molecule has 0 radical (unpaired) electrons. The molecule has 21 heavy (non-hydrogen) atoms. The number of aliphatic carboxylic acids is 1. The van der Waals surface area contributed by atoms with Crippen molar-refractivity contribution >= 4 is 17.3 Å². The number of benzene rings is 1. The highest BCUT2D eigenvalue weighted by atomic mass is 16.5. The molecular weight excluding hydrogens is 268 g/mol. The zero-order valence-corrected chi connectivity index (χ0v) is 12.6. The van der Waals surface area contributed by atoms with Crippen molar-refractivity contribution < 1.29 is 14.6 Å². The quantitative estimate of drug-likeness (QED) is 0.892. The fourth-order valence-corrected chi connectivity index (χ4v) is 3.72. The van der Waals surface area contributed by atoms with Crippen LogP contribution in [0.1, 0.15) is 31.2 Å². The molecule has 1 atom stereocenters. The molecule has 2 N–H and O–H groups in total. The van der Waals surface area contributed by atoms with Crippen LogP contribution in [0, 0.1) is 5.92 Å². The van der Waals surface area contributed by atoms with Crippen LogP contribution in [0.25, 0.3) is 0 Å². The van der Waals surface area contributed by atoms with Gasteiger partial charge < -0.3 is 20.1 Å². The molecule has 1 aromatic carbocycles. The van der Waals surface area contributed by atoms with Crippen LogP contribution in [0.4, 0.5) is 11.4 Å². The summed E-state index contributed by atoms with van der Waals surface area (Å²) < 4.78 is 5.44. The third-order valence-electron chi connectivity index (χ3n) is 4.69. The molecule has 3 rings (SSSR count). The number of carbonyl (C=O) groups is 1. The molecule has 1 aliphatic heterocycles. The second kappa shape index (κ2) is 5.47. The summed E-state index contributed by atoms with van der Waals surface area (Å²) in [4.78, 5) is 13.3. The number of fused-ring (bicyclic) bond motifs is 1. The highest BCUT2D eigenvalue weighted by Gasteiger charge is 2.37. The minimum absolute atomic E-state index is 0.0374. The van der Waals surface area contributed by atoms with Gasteiger partial charge in [0.25, 0.3) is 0 Å². The summed E-state index contributed by atoms with van der Waals surface area (Å²) in [6.07, 6.45) is 5.30. The van der Waals surface area contributed by atoms with Gasteiger partial charge in [-0.1, -0.05) is 18.9 Å². The highest BCUT2D eigenvalue weighted by Crippen LogP contribution is 2.46. The summed E-state index contributed by atoms with van der Waals surface area (Å²) in [5.41, 5.74) is 2.76. The molecule has 1 aliphatic carbocycles. The number of nitrogens with one attached hydrogen (secondary N) is 1. The Morgan fingerprint density at radius 1 is 1.43 bits per heavy atom. The van der Waals surface area contributed by atoms with E-state index in [0.717, 1.165) is 22.7 Å². The van der Waals surface area contributed by atoms with E-state index < -0.39 is 5.97 Å². The normalized spacial score (nSPS) is 21.2. The lowest BCUT2D eigenvalue weighted by atomic mass is 10.0. The topological polar surface area (TPSA) is 61.8 Å². The van der Waals surface area contributed by atoms with Gasteiger partial charge in [-0.15, -0.1) is 0 Å². The standard InChI is InChI=1S/C16H22N2O3/c1-18-15-11(9-13(19)20)7-8-12(21-2)14(15)17-16(18)10-5-3-4-6-10/h7-8,10,16-17H,3-6,9H2,1-2H3,(H,19,20). The maximum atomic E-state index is 11.1. The van der Waals surface area contributed by atoms with E-state index in [1.807, 2.05) is 19.2 Å². The molecule has 1 heterocycles. The van der Waals surface area contributed by atoms with E-state index in [1.54, 1.807) is 7.11 Å². The average Bonchev–Trinajstić information content (AvgIpc) is 3.07. The van der Waals surface area contributed by atoms with Crippen LogP contribution in [0.3, 0.4) is 0 Å². The van der Waals surface area contributed by atoms with E-state index in [2.05, 4.69) is 10.2 Å². The first-order valence-corrected chi connectivity index (χ1v) is 7.53. The van der Waals surface area contributed by atoms with Crippen molar-refractivity contribution in [3.05, 3.63) is 17.7 Å². The van der Waals surface area contributed by atoms with Gasteiger partial charge in [0.15, 0.2) is 0 Å². The fraction of sp³-hybridized carbons (Fsp3) is 0.562. The summed E-state index contributed by atoms with van der Waals surface area (Å²) in [5.74, 6) is 0.594. The Labute approximate surface area is 124 Å². The van der Waals surface area contributed by atoms with Gasteiger partial charge in [-0.2, -0.15) is 0 Å². The fourth-order valence-electron chi connectivity index (χ4n) is 3.72. The summed E-state index contributed by atoms with van der Waals surface area (Å²) in [7, 11) is 3.70. The SMILES string of the molecule is COc1ccc(CC(=O)O)c2c1NC(C1CCCC1)N2C. The van der Waals surface area contributed by atoms with Crippen molar-refractivity contribution in [2.75, 3.05) is 24.4 Å². The van der Waals surface area contributed by atoms with Crippen LogP contribution >= 0.6 is 0 Å². The minimum atomic E-state index is -0.805. The predicted molar refractivity (Wildman–Crippen MR) is 82.1 cm³/mol. The first kappa shape index (κ1) is 14.0. The number of hydrogen-bond acceptors (Lipinski definition) is 4. The number of hydrogen-bond donors (Lipinski definition) is 2. The average molecular weight is 290 g/mol. The van der Waals surface area contributed by atoms with Gasteiger partial charge in [-0.25, -0.2) is 0 Å². The van der Waals surface area contributed by atoms with Gasteiger partial charge in [0.1, 0.15) is 17.6 Å². The lowest BCUT2D eigenvalue weighted by Crippen LogP contribution is -2.38. The molecule has 1 unspecified atom stereocenters. The van der Waals surface area contributed by atoms with Gasteiger partial charge >= 0.3 is 5.97 Å². The van der Waals surface area contributed by atoms with Crippen LogP contribution in [0.15, 0.2) is 12.1 Å². The van der Waals surface area contributed by atoms with Crippen LogP contribution in [0.2, 0.25) is 0 Å². The molecule has 2 aliphatic rings. The maximum absolute atomic E-state index is 11.1. The summed E-state index contributed by atoms with van der Waals surface area (Å²) in [6.45, 7) is 0. The predicted octanol–water partition coefficient (Wildman–Crippen LogP) is 2.70. The molecular formula is C16H22N2O3. The van der Waals surface area contributed by atoms with Crippen molar-refractivity contribution in [3.8, 4) is 5.75 Å². The second-order valence-electron chi connectivity index (χ2n) is 5.97. The summed E-state index contributed by atoms with van der Waals surface area (Å²) in [6, 6.07) is 3.72. The van der Waals surface area contributed by atoms with Crippen LogP contribution in [-0.4, -0.2) is 31.4 Å². The highest BCUT2D eigenvalue weighted by molar-refractivity contribution is 5.87. The van der Waals surface area contributed by atoms with Gasteiger partial charge in [0.05, 0.1) is 19.2 Å². The molecule has 0 amide bonds. The number of carboxylic acids is 1. The van der Waals surface area contributed by atoms with Crippen molar-refractivity contribution in [1.82, 2.24) is 0 Å². The Balaban J connectivity index is 1.98. The Morgan fingerprint density at radius 3 is 2.76 bits per heavy atom. The Kier molecular flexibility index (Phi) is 3.66. The molecule has 0 saturated heterocycles. The molecule has 114 valence electrons. The van der Waals surface area contributed by atoms with E-state index in [4.69, 9.17) is 9.84 Å². The molecule has 1 saturated carbocycles. The molecule has 0 aromatic heterocycles. The third-order valence-corrected chi connectivity index (χ3v) is 4.69. The first-order chi connectivity index (χ1) is 10.1. The van der Waals surface area contributed by atoms with Gasteiger partial charge in [0.2, 0.25) is 0 Å². The van der Waals surface area contributed by atoms with Crippen molar-refractivity contribution in [2.45, 2.75) is 38.3 Å². The number of carboxylic acid groups (broad SMARTS) is 1. The van der Waals surface area contributed by atoms with E-state index in [1.165, 1.54) is 25.7 Å². The number of rotatable bonds is 4. The number of methoxy groups -OCH3 is 1. The van der Waals surface area contributed by atoms with E-state index in [9.17, 15) is 4.79 Å². The summed E-state index contributed by atoms with van der Waals surface area (Å²) in [5, 5.41) is 12.7. The van der Waals surface area contributed by atoms with Crippen molar-refractivity contribution in [3.63, 3.8) is 0 Å². The third kappa shape index (κ3) is 2.41. The van der Waals surface area contributed by atoms with E-state index >= 15 is 0 Å². The van der Waals surface area contributed by atoms with Crippen molar-refractivity contribution in [2.24, 2.45) is 5.92 Å². The van der Waals surface area contributed by atoms with Gasteiger partial charge in [0, 0.05) is 7.05 Å². The first-order valence-electron chi connectivity index (χ1n) is 7.53. The monoisotopic (exact) mass is 290 g/mol. The molecule has 5 nitrogen and oxygen atoms in total. The van der Waals surface area contributed by atoms with Gasteiger partial charge in [-0.3, -0.25) is 4.79 Å². The molecule has 1 aromatic rings. The van der Waals surface area contributed by atoms with Crippen LogP contribution < -0.4 is 15.0 Å². The van der Waals surface area contributed by atoms with E-state index in [-0.39, 0.29) is 12.6 Å². The Morgan fingerprint density at radius 2 is 2.14 bits per heavy atom. The second-order valence-corrected chi connectivity index (χ2v) is 5.97. The lowest BCUT2D eigenvalue weighted by molar-refractivity contribution is -0.136. The molecule has 1 fully saturated rings. The molecule has 5 heteroatoms. The van der Waals surface area contributed by atoms with Crippen LogP contribution in [0.5, 0.6) is 5.75 Å². The summed E-state index contributed by atoms with van der Waals surface area (Å²) >= 11 is 0. The zero-order valence-electron chi connectivity index (χ0n) is 12.6. The van der Waals surface area contributed by atoms with E-state index in [0.29, 0.717) is 5.92 Å². The minimum Gasteiger partial charge on any atom is -0.495 e.